The number of carbonyl (C=O) groups is 3. The van der Waals surface area contributed by atoms with Crippen molar-refractivity contribution in [1.82, 2.24) is 0 Å². The van der Waals surface area contributed by atoms with E-state index in [0.29, 0.717) is 0 Å². The molecule has 2 aromatic rings. The number of phenolic OH excluding ortho intramolecular Hbond substituents is 2. The van der Waals surface area contributed by atoms with Gasteiger partial charge in [-0.05, 0) is 18.9 Å². The summed E-state index contributed by atoms with van der Waals surface area (Å²) >= 11 is 0. The number of aliphatic hydroxyl groups excluding tert-OH is 2. The van der Waals surface area contributed by atoms with E-state index in [-0.39, 0.29) is 40.3 Å². The molecule has 11 nitrogen and oxygen atoms in total. The lowest BCUT2D eigenvalue weighted by Crippen LogP contribution is -2.49. The Morgan fingerprint density at radius 2 is 1.73 bits per heavy atom. The summed E-state index contributed by atoms with van der Waals surface area (Å²) in [5.41, 5.74) is -3.45. The van der Waals surface area contributed by atoms with Crippen molar-refractivity contribution in [2.45, 2.75) is 77.2 Å². The van der Waals surface area contributed by atoms with Crippen LogP contribution in [-0.4, -0.2) is 80.7 Å². The predicted molar refractivity (Wildman–Crippen MR) is 144 cm³/mol. The molecule has 222 valence electrons. The van der Waals surface area contributed by atoms with Crippen LogP contribution in [-0.2, 0) is 20.7 Å². The molecular weight excluding hydrogens is 536 g/mol. The van der Waals surface area contributed by atoms with Crippen LogP contribution in [0.2, 0.25) is 0 Å². The molecular formula is C30H36O11. The van der Waals surface area contributed by atoms with Crippen LogP contribution in [0.3, 0.4) is 0 Å². The summed E-state index contributed by atoms with van der Waals surface area (Å²) in [6, 6.07) is 4.40. The number of benzene rings is 2. The zero-order chi connectivity index (χ0) is 30.4. The Morgan fingerprint density at radius 1 is 1.07 bits per heavy atom. The van der Waals surface area contributed by atoms with Crippen LogP contribution in [0, 0.1) is 5.92 Å². The minimum Gasteiger partial charge on any atom is -0.507 e. The lowest BCUT2D eigenvalue weighted by molar-refractivity contribution is -0.255. The number of hydrogen-bond acceptors (Lipinski definition) is 11. The van der Waals surface area contributed by atoms with E-state index in [1.54, 1.807) is 13.8 Å². The van der Waals surface area contributed by atoms with Crippen LogP contribution in [0.15, 0.2) is 18.2 Å². The van der Waals surface area contributed by atoms with Crippen LogP contribution in [0.1, 0.15) is 89.6 Å². The van der Waals surface area contributed by atoms with Crippen LogP contribution >= 0.6 is 0 Å². The van der Waals surface area contributed by atoms with Crippen molar-refractivity contribution < 1.29 is 54.1 Å². The molecule has 1 heterocycles. The maximum Gasteiger partial charge on any atom is 0.202 e. The molecule has 6 atom stereocenters. The molecule has 1 aliphatic heterocycles. The number of Topliss-reactive ketones (excluding diaryl/α,β-unsaturated/α-hetero) is 1. The second-order valence-corrected chi connectivity index (χ2v) is 10.5. The molecule has 0 saturated carbocycles. The van der Waals surface area contributed by atoms with Gasteiger partial charge in [0.2, 0.25) is 5.78 Å². The summed E-state index contributed by atoms with van der Waals surface area (Å²) in [5, 5.41) is 53.9. The van der Waals surface area contributed by atoms with Crippen LogP contribution < -0.4 is 4.74 Å². The van der Waals surface area contributed by atoms with Gasteiger partial charge >= 0.3 is 0 Å². The summed E-state index contributed by atoms with van der Waals surface area (Å²) < 4.78 is 17.2. The fourth-order valence-electron chi connectivity index (χ4n) is 5.95. The lowest BCUT2D eigenvalue weighted by atomic mass is 9.72. The van der Waals surface area contributed by atoms with Crippen molar-refractivity contribution in [3.8, 4) is 17.2 Å². The number of aromatic hydroxyl groups is 2. The van der Waals surface area contributed by atoms with Crippen molar-refractivity contribution >= 4 is 17.3 Å². The number of ether oxygens (including phenoxy) is 3. The molecule has 2 aromatic carbocycles. The number of rotatable bonds is 5. The Bertz CT molecular complexity index is 1370. The number of ketones is 3. The van der Waals surface area contributed by atoms with Gasteiger partial charge in [-0.1, -0.05) is 32.9 Å². The number of phenols is 2. The first kappa shape index (κ1) is 30.6. The number of aliphatic hydroxyl groups is 3. The minimum absolute atomic E-state index is 0.0380. The molecule has 1 saturated heterocycles. The summed E-state index contributed by atoms with van der Waals surface area (Å²) in [6.07, 6.45) is -4.31. The molecule has 0 aromatic heterocycles. The molecule has 11 heteroatoms. The molecule has 5 N–H and O–H groups in total. The SMILES string of the molecule is CC.COc1cccc2c1C(=O)c1c(O)c3c(c(O)c1C2=O)C[C@@](O)(C(=O)CO)C[C@@H]3O[C@H]1C[C@H](C)[C@@H](O)[C@H](C)O1. The van der Waals surface area contributed by atoms with Crippen molar-refractivity contribution in [3.63, 3.8) is 0 Å². The topological polar surface area (TPSA) is 180 Å². The lowest BCUT2D eigenvalue weighted by Gasteiger charge is -2.42. The smallest absolute Gasteiger partial charge is 0.202 e. The van der Waals surface area contributed by atoms with Gasteiger partial charge in [-0.15, -0.1) is 0 Å². The predicted octanol–water partition coefficient (Wildman–Crippen LogP) is 2.34. The fraction of sp³-hybridized carbons (Fsp3) is 0.500. The van der Waals surface area contributed by atoms with E-state index in [1.165, 1.54) is 25.3 Å². The quantitative estimate of drug-likeness (QED) is 0.283. The minimum atomic E-state index is -2.21. The maximum atomic E-state index is 13.7. The van der Waals surface area contributed by atoms with Gasteiger partial charge in [0.25, 0.3) is 0 Å². The second-order valence-electron chi connectivity index (χ2n) is 10.5. The van der Waals surface area contributed by atoms with Crippen LogP contribution in [0.25, 0.3) is 0 Å². The monoisotopic (exact) mass is 572 g/mol. The van der Waals surface area contributed by atoms with Crippen molar-refractivity contribution in [2.24, 2.45) is 5.92 Å². The summed E-state index contributed by atoms with van der Waals surface area (Å²) in [7, 11) is 1.33. The largest absolute Gasteiger partial charge is 0.507 e. The number of carbonyl (C=O) groups excluding carboxylic acids is 3. The first-order valence-electron chi connectivity index (χ1n) is 13.7. The third kappa shape index (κ3) is 4.91. The highest BCUT2D eigenvalue weighted by Crippen LogP contribution is 2.52. The van der Waals surface area contributed by atoms with Crippen LogP contribution in [0.4, 0.5) is 0 Å². The summed E-state index contributed by atoms with van der Waals surface area (Å²) in [6.45, 7) is 6.46. The second kappa shape index (κ2) is 11.5. The third-order valence-corrected chi connectivity index (χ3v) is 8.05. The fourth-order valence-corrected chi connectivity index (χ4v) is 5.95. The Balaban J connectivity index is 0.00000189. The zero-order valence-electron chi connectivity index (χ0n) is 23.6. The van der Waals surface area contributed by atoms with E-state index in [1.807, 2.05) is 13.8 Å². The first-order chi connectivity index (χ1) is 19.4. The van der Waals surface area contributed by atoms with Crippen LogP contribution in [0.5, 0.6) is 17.2 Å². The average molecular weight is 573 g/mol. The standard InChI is InChI=1S/C28H30O11.C2H6/c1-11-7-18(38-12(2)23(11)31)39-16-9-28(36,17(30)10-29)8-14-20(16)27(35)22-21(25(14)33)24(32)13-5-4-6-15(37-3)19(13)26(22)34;1-2/h4-6,11-12,16,18,23,29,31,33,35-36H,7-10H2,1-3H3;1-2H3/t11-,12-,16-,18-,23+,28-;/m0./s1. The van der Waals surface area contributed by atoms with Gasteiger partial charge in [0.15, 0.2) is 17.9 Å². The number of fused-ring (bicyclic) bond motifs is 3. The van der Waals surface area contributed by atoms with Crippen molar-refractivity contribution in [2.75, 3.05) is 13.7 Å². The van der Waals surface area contributed by atoms with Gasteiger partial charge in [-0.3, -0.25) is 14.4 Å². The molecule has 3 aliphatic rings. The molecule has 1 fully saturated rings. The number of methoxy groups -OCH3 is 1. The van der Waals surface area contributed by atoms with E-state index in [9.17, 15) is 39.9 Å². The molecule has 0 bridgehead atoms. The van der Waals surface area contributed by atoms with Gasteiger partial charge < -0.3 is 39.7 Å². The number of hydrogen-bond donors (Lipinski definition) is 5. The van der Waals surface area contributed by atoms with Gasteiger partial charge in [-0.25, -0.2) is 0 Å². The Labute approximate surface area is 237 Å². The molecule has 0 amide bonds. The molecule has 0 unspecified atom stereocenters. The molecule has 0 radical (unpaired) electrons. The molecule has 0 spiro atoms. The average Bonchev–Trinajstić information content (AvgIpc) is 2.96. The van der Waals surface area contributed by atoms with E-state index < -0.39 is 89.6 Å². The maximum absolute atomic E-state index is 13.7. The molecule has 2 aliphatic carbocycles. The normalized spacial score (nSPS) is 28.5. The summed E-state index contributed by atoms with van der Waals surface area (Å²) in [4.78, 5) is 39.8. The van der Waals surface area contributed by atoms with E-state index in [2.05, 4.69) is 0 Å². The van der Waals surface area contributed by atoms with Gasteiger partial charge in [0.1, 0.15) is 29.5 Å². The molecule has 41 heavy (non-hydrogen) atoms. The first-order valence-corrected chi connectivity index (χ1v) is 13.7. The van der Waals surface area contributed by atoms with Gasteiger partial charge in [0.05, 0.1) is 42.1 Å². The summed E-state index contributed by atoms with van der Waals surface area (Å²) in [5.74, 6) is -3.87. The zero-order valence-corrected chi connectivity index (χ0v) is 23.6. The Hall–Kier alpha value is -3.35. The van der Waals surface area contributed by atoms with E-state index in [0.717, 1.165) is 0 Å². The molecule has 5 rings (SSSR count). The highest BCUT2D eigenvalue weighted by atomic mass is 16.7. The highest BCUT2D eigenvalue weighted by Gasteiger charge is 2.50. The van der Waals surface area contributed by atoms with E-state index >= 15 is 0 Å². The third-order valence-electron chi connectivity index (χ3n) is 8.05. The van der Waals surface area contributed by atoms with Crippen molar-refractivity contribution in [1.29, 1.82) is 0 Å². The van der Waals surface area contributed by atoms with Crippen molar-refractivity contribution in [3.05, 3.63) is 51.6 Å². The van der Waals surface area contributed by atoms with Gasteiger partial charge in [0, 0.05) is 36.0 Å². The highest BCUT2D eigenvalue weighted by molar-refractivity contribution is 6.31. The van der Waals surface area contributed by atoms with Gasteiger partial charge in [-0.2, -0.15) is 0 Å². The Morgan fingerprint density at radius 3 is 2.34 bits per heavy atom. The van der Waals surface area contributed by atoms with E-state index in [4.69, 9.17) is 14.2 Å². The Kier molecular flexibility index (Phi) is 8.58.